The monoisotopic (exact) mass is 494 g/mol. The zero-order valence-corrected chi connectivity index (χ0v) is 19.6. The molecule has 0 amide bonds. The van der Waals surface area contributed by atoms with E-state index in [4.69, 9.17) is 9.47 Å². The quantitative estimate of drug-likeness (QED) is 0.490. The molecule has 0 unspecified atom stereocenters. The molecule has 6 bridgehead atoms. The number of benzene rings is 1. The number of ether oxygens (including phenoxy) is 2. The summed E-state index contributed by atoms with van der Waals surface area (Å²) in [6.45, 7) is 5.57. The fourth-order valence-electron chi connectivity index (χ4n) is 2.97. The van der Waals surface area contributed by atoms with Crippen molar-refractivity contribution < 1.29 is 22.6 Å². The molecule has 35 heavy (non-hydrogen) atoms. The van der Waals surface area contributed by atoms with Crippen LogP contribution < -0.4 is 25.4 Å². The molecule has 0 spiro atoms. The van der Waals surface area contributed by atoms with Gasteiger partial charge < -0.3 is 25.4 Å². The van der Waals surface area contributed by atoms with Crippen molar-refractivity contribution in [2.75, 3.05) is 36.9 Å². The number of nitrogens with one attached hydrogen (secondary N) is 3. The van der Waals surface area contributed by atoms with Gasteiger partial charge in [-0.2, -0.15) is 33.2 Å². The second kappa shape index (κ2) is 12.7. The smallest absolute Gasteiger partial charge is 0.422 e. The van der Waals surface area contributed by atoms with E-state index < -0.39 is 18.8 Å². The average Bonchev–Trinajstić information content (AvgIpc) is 3.29. The summed E-state index contributed by atoms with van der Waals surface area (Å²) in [6.07, 6.45) is -0.330. The SMILES string of the molecule is CC.FC(F)(F)COc1nc2nc(n1)Nc1cnn(c1)CCNCCCOc1ccc(cc1)CN2. The van der Waals surface area contributed by atoms with Crippen molar-refractivity contribution in [3.63, 3.8) is 0 Å². The molecule has 0 radical (unpaired) electrons. The van der Waals surface area contributed by atoms with E-state index in [9.17, 15) is 13.2 Å². The Morgan fingerprint density at radius 3 is 2.60 bits per heavy atom. The molecule has 3 aromatic rings. The van der Waals surface area contributed by atoms with Gasteiger partial charge in [-0.1, -0.05) is 26.0 Å². The van der Waals surface area contributed by atoms with Gasteiger partial charge in [0.1, 0.15) is 5.75 Å². The van der Waals surface area contributed by atoms with E-state index in [1.54, 1.807) is 17.1 Å². The predicted molar refractivity (Wildman–Crippen MR) is 125 cm³/mol. The van der Waals surface area contributed by atoms with Gasteiger partial charge in [0.2, 0.25) is 11.9 Å². The molecule has 2 aliphatic rings. The molecular weight excluding hydrogens is 465 g/mol. The second-order valence-corrected chi connectivity index (χ2v) is 7.24. The largest absolute Gasteiger partial charge is 0.494 e. The van der Waals surface area contributed by atoms with Crippen molar-refractivity contribution in [1.82, 2.24) is 30.0 Å². The standard InChI is InChI=1S/C20H23F3N8O2.C2H6/c21-20(22,23)13-33-19-29-17-25-10-14-2-4-16(5-3-14)32-9-1-6-24-7-8-31-12-15(11-26-31)27-18(28-17)30-19;1-2/h2-5,11-12,24H,1,6-10,13H2,(H2,25,27,28,29,30);1-2H3. The van der Waals surface area contributed by atoms with Gasteiger partial charge in [0.25, 0.3) is 0 Å². The van der Waals surface area contributed by atoms with E-state index in [0.29, 0.717) is 31.9 Å². The molecule has 10 nitrogen and oxygen atoms in total. The number of hydrogen-bond donors (Lipinski definition) is 3. The van der Waals surface area contributed by atoms with Crippen LogP contribution in [0.5, 0.6) is 11.8 Å². The molecule has 0 fully saturated rings. The Balaban J connectivity index is 0.00000167. The summed E-state index contributed by atoms with van der Waals surface area (Å²) in [5.41, 5.74) is 1.49. The fourth-order valence-corrected chi connectivity index (χ4v) is 2.97. The first-order chi connectivity index (χ1) is 16.9. The number of fused-ring (bicyclic) bond motifs is 9. The summed E-state index contributed by atoms with van der Waals surface area (Å²) in [7, 11) is 0. The normalized spacial score (nSPS) is 14.4. The molecule has 0 saturated heterocycles. The number of nitrogens with zero attached hydrogens (tertiary/aromatic N) is 5. The molecule has 2 aromatic heterocycles. The van der Waals surface area contributed by atoms with Crippen LogP contribution in [0.4, 0.5) is 30.8 Å². The fraction of sp³-hybridized carbons (Fsp3) is 0.455. The first-order valence-electron chi connectivity index (χ1n) is 11.3. The van der Waals surface area contributed by atoms with Crippen LogP contribution in [-0.4, -0.2) is 57.2 Å². The molecule has 0 atom stereocenters. The number of anilines is 3. The molecule has 3 N–H and O–H groups in total. The maximum Gasteiger partial charge on any atom is 0.422 e. The molecule has 5 rings (SSSR count). The topological polar surface area (TPSA) is 111 Å². The number of aromatic nitrogens is 5. The minimum atomic E-state index is -4.52. The minimum absolute atomic E-state index is 0.0282. The highest BCUT2D eigenvalue weighted by molar-refractivity contribution is 5.52. The first kappa shape index (κ1) is 26.0. The van der Waals surface area contributed by atoms with E-state index in [2.05, 4.69) is 36.0 Å². The van der Waals surface area contributed by atoms with Crippen LogP contribution in [0.15, 0.2) is 36.7 Å². The minimum Gasteiger partial charge on any atom is -0.494 e. The Hall–Kier alpha value is -3.61. The molecule has 0 saturated carbocycles. The van der Waals surface area contributed by atoms with Crippen LogP contribution in [0.3, 0.4) is 0 Å². The summed E-state index contributed by atoms with van der Waals surface area (Å²) in [4.78, 5) is 12.1. The van der Waals surface area contributed by atoms with E-state index in [0.717, 1.165) is 24.3 Å². The average molecular weight is 495 g/mol. The lowest BCUT2D eigenvalue weighted by molar-refractivity contribution is -0.154. The van der Waals surface area contributed by atoms with Crippen LogP contribution in [0.25, 0.3) is 0 Å². The van der Waals surface area contributed by atoms with E-state index in [-0.39, 0.29) is 11.9 Å². The highest BCUT2D eigenvalue weighted by Crippen LogP contribution is 2.20. The lowest BCUT2D eigenvalue weighted by atomic mass is 10.2. The maximum absolute atomic E-state index is 12.6. The van der Waals surface area contributed by atoms with Gasteiger partial charge in [-0.15, -0.1) is 0 Å². The van der Waals surface area contributed by atoms with Crippen molar-refractivity contribution in [3.05, 3.63) is 42.2 Å². The third-order valence-electron chi connectivity index (χ3n) is 4.53. The highest BCUT2D eigenvalue weighted by atomic mass is 19.4. The summed E-state index contributed by atoms with van der Waals surface area (Å²) < 4.78 is 50.0. The van der Waals surface area contributed by atoms with E-state index in [1.807, 2.05) is 38.1 Å². The van der Waals surface area contributed by atoms with Crippen LogP contribution in [0.1, 0.15) is 25.8 Å². The Morgan fingerprint density at radius 1 is 1.06 bits per heavy atom. The van der Waals surface area contributed by atoms with Crippen molar-refractivity contribution in [1.29, 1.82) is 0 Å². The zero-order chi connectivity index (χ0) is 25.1. The Bertz CT molecular complexity index is 1040. The predicted octanol–water partition coefficient (Wildman–Crippen LogP) is 3.76. The van der Waals surface area contributed by atoms with Crippen LogP contribution in [-0.2, 0) is 13.1 Å². The summed E-state index contributed by atoms with van der Waals surface area (Å²) in [5.74, 6) is 0.850. The summed E-state index contributed by atoms with van der Waals surface area (Å²) in [5, 5.41) is 13.5. The van der Waals surface area contributed by atoms with Crippen LogP contribution >= 0.6 is 0 Å². The van der Waals surface area contributed by atoms with Gasteiger partial charge in [0, 0.05) is 19.3 Å². The van der Waals surface area contributed by atoms with Crippen molar-refractivity contribution in [3.8, 4) is 11.8 Å². The Kier molecular flexibility index (Phi) is 9.47. The lowest BCUT2D eigenvalue weighted by Gasteiger charge is -2.12. The first-order valence-corrected chi connectivity index (χ1v) is 11.3. The van der Waals surface area contributed by atoms with Gasteiger partial charge in [-0.25, -0.2) is 0 Å². The molecule has 0 aliphatic carbocycles. The van der Waals surface area contributed by atoms with Crippen molar-refractivity contribution >= 4 is 17.6 Å². The van der Waals surface area contributed by atoms with Gasteiger partial charge in [-0.05, 0) is 30.7 Å². The number of alkyl halides is 3. The lowest BCUT2D eigenvalue weighted by Crippen LogP contribution is -2.22. The molecule has 2 aliphatic heterocycles. The van der Waals surface area contributed by atoms with E-state index >= 15 is 0 Å². The molecule has 13 heteroatoms. The van der Waals surface area contributed by atoms with Gasteiger partial charge in [0.05, 0.1) is 25.0 Å². The second-order valence-electron chi connectivity index (χ2n) is 7.24. The molecule has 4 heterocycles. The number of rotatable bonds is 2. The Morgan fingerprint density at radius 2 is 1.83 bits per heavy atom. The third kappa shape index (κ3) is 8.92. The number of hydrogen-bond acceptors (Lipinski definition) is 9. The van der Waals surface area contributed by atoms with Crippen LogP contribution in [0, 0.1) is 0 Å². The van der Waals surface area contributed by atoms with E-state index in [1.165, 1.54) is 0 Å². The molecule has 1 aromatic carbocycles. The zero-order valence-electron chi connectivity index (χ0n) is 19.6. The van der Waals surface area contributed by atoms with Gasteiger partial charge in [0.15, 0.2) is 6.61 Å². The van der Waals surface area contributed by atoms with Crippen LogP contribution in [0.2, 0.25) is 0 Å². The van der Waals surface area contributed by atoms with Crippen molar-refractivity contribution in [2.45, 2.75) is 39.5 Å². The summed E-state index contributed by atoms with van der Waals surface area (Å²) in [6, 6.07) is 7.03. The molecular formula is C22H29F3N8O2. The van der Waals surface area contributed by atoms with Gasteiger partial charge in [-0.3, -0.25) is 4.68 Å². The highest BCUT2D eigenvalue weighted by Gasteiger charge is 2.29. The molecule has 190 valence electrons. The van der Waals surface area contributed by atoms with Gasteiger partial charge >= 0.3 is 12.2 Å². The Labute approximate surface area is 201 Å². The van der Waals surface area contributed by atoms with Crippen molar-refractivity contribution in [2.24, 2.45) is 0 Å². The third-order valence-corrected chi connectivity index (χ3v) is 4.53. The number of halogens is 3. The maximum atomic E-state index is 12.6. The summed E-state index contributed by atoms with van der Waals surface area (Å²) >= 11 is 0.